The van der Waals surface area contributed by atoms with Gasteiger partial charge in [-0.15, -0.1) is 0 Å². The molecule has 0 aromatic carbocycles. The molecule has 3 rings (SSSR count). The van der Waals surface area contributed by atoms with Crippen LogP contribution in [0.5, 0.6) is 0 Å². The van der Waals surface area contributed by atoms with Crippen LogP contribution in [0.3, 0.4) is 0 Å². The van der Waals surface area contributed by atoms with Crippen molar-refractivity contribution in [3.05, 3.63) is 82.6 Å². The predicted molar refractivity (Wildman–Crippen MR) is 87.9 cm³/mol. The van der Waals surface area contributed by atoms with E-state index in [1.54, 1.807) is 62.5 Å². The third-order valence-electron chi connectivity index (χ3n) is 3.04. The van der Waals surface area contributed by atoms with E-state index in [4.69, 9.17) is 0 Å². The normalized spacial score (nSPS) is 11.5. The first-order valence-corrected chi connectivity index (χ1v) is 6.94. The lowest BCUT2D eigenvalue weighted by atomic mass is 10.3. The van der Waals surface area contributed by atoms with Crippen LogP contribution in [0.25, 0.3) is 0 Å². The van der Waals surface area contributed by atoms with Crippen molar-refractivity contribution in [1.29, 1.82) is 0 Å². The van der Waals surface area contributed by atoms with Crippen LogP contribution in [0, 0.1) is 6.92 Å². The number of imidazole rings is 1. The highest BCUT2D eigenvalue weighted by molar-refractivity contribution is 5.79. The molecule has 23 heavy (non-hydrogen) atoms. The number of nitrogens with zero attached hydrogens (tertiary/aromatic N) is 6. The van der Waals surface area contributed by atoms with Crippen LogP contribution in [0.4, 0.5) is 0 Å². The molecule has 0 spiro atoms. The van der Waals surface area contributed by atoms with Gasteiger partial charge in [0, 0.05) is 35.9 Å². The summed E-state index contributed by atoms with van der Waals surface area (Å²) in [5, 5.41) is 8.33. The smallest absolute Gasteiger partial charge is 0.264 e. The van der Waals surface area contributed by atoms with Gasteiger partial charge in [-0.05, 0) is 19.1 Å². The van der Waals surface area contributed by atoms with Crippen LogP contribution in [-0.2, 0) is 0 Å². The summed E-state index contributed by atoms with van der Waals surface area (Å²) in [6.07, 6.45) is 11.5. The van der Waals surface area contributed by atoms with Crippen LogP contribution in [0.2, 0.25) is 0 Å². The van der Waals surface area contributed by atoms with Gasteiger partial charge < -0.3 is 0 Å². The standard InChI is InChI=1S/C16H14N6O/c1-13-12-21(19-10-14-4-2-6-17-8-14)16(23)22(13)20-11-15-5-3-7-18-9-15/h2-12H,1H3/b19-10+,20-11+. The van der Waals surface area contributed by atoms with Crippen molar-refractivity contribution in [2.24, 2.45) is 10.2 Å². The van der Waals surface area contributed by atoms with Crippen molar-refractivity contribution >= 4 is 12.4 Å². The van der Waals surface area contributed by atoms with Crippen molar-refractivity contribution in [3.63, 3.8) is 0 Å². The van der Waals surface area contributed by atoms with E-state index in [0.29, 0.717) is 5.69 Å². The Labute approximate surface area is 132 Å². The number of aryl methyl sites for hydroxylation is 1. The van der Waals surface area contributed by atoms with Gasteiger partial charge in [-0.25, -0.2) is 4.79 Å². The lowest BCUT2D eigenvalue weighted by Gasteiger charge is -1.94. The van der Waals surface area contributed by atoms with Gasteiger partial charge in [0.15, 0.2) is 0 Å². The third-order valence-corrected chi connectivity index (χ3v) is 3.04. The number of hydrogen-bond donors (Lipinski definition) is 0. The van der Waals surface area contributed by atoms with E-state index < -0.39 is 0 Å². The summed E-state index contributed by atoms with van der Waals surface area (Å²) in [7, 11) is 0. The lowest BCUT2D eigenvalue weighted by Crippen LogP contribution is -2.20. The molecular weight excluding hydrogens is 292 g/mol. The Morgan fingerprint density at radius 3 is 2.17 bits per heavy atom. The summed E-state index contributed by atoms with van der Waals surface area (Å²) in [6, 6.07) is 7.32. The second-order valence-electron chi connectivity index (χ2n) is 4.77. The van der Waals surface area contributed by atoms with E-state index in [2.05, 4.69) is 20.2 Å². The summed E-state index contributed by atoms with van der Waals surface area (Å²) < 4.78 is 2.52. The molecule has 7 nitrogen and oxygen atoms in total. The molecule has 114 valence electrons. The molecule has 0 amide bonds. The van der Waals surface area contributed by atoms with E-state index in [1.807, 2.05) is 12.1 Å². The number of pyridine rings is 2. The predicted octanol–water partition coefficient (Wildman–Crippen LogP) is 1.51. The molecule has 3 aromatic heterocycles. The minimum absolute atomic E-state index is 0.345. The minimum atomic E-state index is -0.345. The maximum absolute atomic E-state index is 12.3. The van der Waals surface area contributed by atoms with Crippen LogP contribution < -0.4 is 5.69 Å². The zero-order valence-corrected chi connectivity index (χ0v) is 12.4. The maximum atomic E-state index is 12.3. The molecule has 0 fully saturated rings. The van der Waals surface area contributed by atoms with Crippen molar-refractivity contribution in [3.8, 4) is 0 Å². The Morgan fingerprint density at radius 1 is 1.00 bits per heavy atom. The number of hydrogen-bond acceptors (Lipinski definition) is 5. The molecule has 0 saturated carbocycles. The highest BCUT2D eigenvalue weighted by Gasteiger charge is 2.05. The molecular formula is C16H14N6O. The van der Waals surface area contributed by atoms with Crippen molar-refractivity contribution in [2.45, 2.75) is 6.92 Å². The largest absolute Gasteiger partial charge is 0.369 e. The fourth-order valence-corrected chi connectivity index (χ4v) is 1.92. The Kier molecular flexibility index (Phi) is 4.19. The monoisotopic (exact) mass is 306 g/mol. The van der Waals surface area contributed by atoms with Gasteiger partial charge in [0.2, 0.25) is 0 Å². The molecule has 0 bridgehead atoms. The van der Waals surface area contributed by atoms with Crippen LogP contribution in [0.15, 0.2) is 70.2 Å². The first kappa shape index (κ1) is 14.6. The van der Waals surface area contributed by atoms with Crippen molar-refractivity contribution < 1.29 is 0 Å². The molecule has 3 aromatic rings. The third kappa shape index (κ3) is 3.46. The minimum Gasteiger partial charge on any atom is -0.264 e. The van der Waals surface area contributed by atoms with Gasteiger partial charge in [0.1, 0.15) is 0 Å². The SMILES string of the molecule is Cc1cn(/N=C/c2cccnc2)c(=O)n1/N=C/c1cccnc1. The number of aromatic nitrogens is 4. The molecule has 0 radical (unpaired) electrons. The molecule has 0 aliphatic heterocycles. The highest BCUT2D eigenvalue weighted by Crippen LogP contribution is 1.98. The highest BCUT2D eigenvalue weighted by atomic mass is 16.2. The number of rotatable bonds is 4. The van der Waals surface area contributed by atoms with Gasteiger partial charge in [-0.2, -0.15) is 19.6 Å². The summed E-state index contributed by atoms with van der Waals surface area (Å²) in [5.41, 5.74) is 1.95. The molecule has 3 heterocycles. The van der Waals surface area contributed by atoms with Gasteiger partial charge in [-0.3, -0.25) is 9.97 Å². The summed E-state index contributed by atoms with van der Waals surface area (Å²) in [4.78, 5) is 20.3. The van der Waals surface area contributed by atoms with Crippen molar-refractivity contribution in [1.82, 2.24) is 19.3 Å². The van der Waals surface area contributed by atoms with E-state index in [-0.39, 0.29) is 5.69 Å². The van der Waals surface area contributed by atoms with Gasteiger partial charge in [0.05, 0.1) is 24.3 Å². The summed E-state index contributed by atoms with van der Waals surface area (Å²) in [6.45, 7) is 1.79. The van der Waals surface area contributed by atoms with Gasteiger partial charge in [0.25, 0.3) is 0 Å². The lowest BCUT2D eigenvalue weighted by molar-refractivity contribution is 0.740. The molecule has 0 atom stereocenters. The average Bonchev–Trinajstić information content (AvgIpc) is 2.87. The quantitative estimate of drug-likeness (QED) is 0.686. The Balaban J connectivity index is 1.87. The van der Waals surface area contributed by atoms with Crippen molar-refractivity contribution in [2.75, 3.05) is 0 Å². The first-order chi connectivity index (χ1) is 11.2. The van der Waals surface area contributed by atoms with Crippen LogP contribution in [0.1, 0.15) is 16.8 Å². The van der Waals surface area contributed by atoms with Crippen LogP contribution in [-0.4, -0.2) is 31.7 Å². The second kappa shape index (κ2) is 6.61. The van der Waals surface area contributed by atoms with Crippen LogP contribution >= 0.6 is 0 Å². The fourth-order valence-electron chi connectivity index (χ4n) is 1.92. The average molecular weight is 306 g/mol. The first-order valence-electron chi connectivity index (χ1n) is 6.94. The topological polar surface area (TPSA) is 77.4 Å². The zero-order chi connectivity index (χ0) is 16.1. The Hall–Kier alpha value is -3.35. The van der Waals surface area contributed by atoms with E-state index >= 15 is 0 Å². The Bertz CT molecular complexity index is 893. The second-order valence-corrected chi connectivity index (χ2v) is 4.77. The summed E-state index contributed by atoms with van der Waals surface area (Å²) >= 11 is 0. The molecule has 0 N–H and O–H groups in total. The van der Waals surface area contributed by atoms with Gasteiger partial charge in [-0.1, -0.05) is 12.1 Å². The van der Waals surface area contributed by atoms with E-state index in [9.17, 15) is 4.79 Å². The Morgan fingerprint density at radius 2 is 1.61 bits per heavy atom. The molecule has 0 aliphatic carbocycles. The molecule has 0 unspecified atom stereocenters. The fraction of sp³-hybridized carbons (Fsp3) is 0.0625. The molecule has 7 heteroatoms. The van der Waals surface area contributed by atoms with E-state index in [1.165, 1.54) is 9.35 Å². The zero-order valence-electron chi connectivity index (χ0n) is 12.4. The molecule has 0 aliphatic rings. The van der Waals surface area contributed by atoms with Gasteiger partial charge >= 0.3 is 5.69 Å². The molecule has 0 saturated heterocycles. The van der Waals surface area contributed by atoms with E-state index in [0.717, 1.165) is 11.1 Å². The summed E-state index contributed by atoms with van der Waals surface area (Å²) in [5.74, 6) is 0. The maximum Gasteiger partial charge on any atom is 0.369 e.